The van der Waals surface area contributed by atoms with E-state index in [2.05, 4.69) is 20.1 Å². The minimum atomic E-state index is -3.82. The zero-order chi connectivity index (χ0) is 24.6. The van der Waals surface area contributed by atoms with E-state index < -0.39 is 10.2 Å². The molecule has 0 amide bonds. The standard InChI is InChI=1S/C25H22N6O3S/c1-30(2)35(32,33)31-15-21(25(29-31)23-6-4-5-13-26-23)18-9-12-22-20(14-18)24(28-16-27-22)17-7-10-19(34-3)11-8-17/h4-16H,1-3H3. The second kappa shape index (κ2) is 8.90. The summed E-state index contributed by atoms with van der Waals surface area (Å²) >= 11 is 0. The molecular weight excluding hydrogens is 464 g/mol. The Balaban J connectivity index is 1.72. The number of aromatic nitrogens is 5. The first-order valence-electron chi connectivity index (χ1n) is 10.7. The Morgan fingerprint density at radius 2 is 1.66 bits per heavy atom. The monoisotopic (exact) mass is 486 g/mol. The van der Waals surface area contributed by atoms with Crippen molar-refractivity contribution < 1.29 is 13.2 Å². The molecule has 0 saturated heterocycles. The molecule has 0 aliphatic heterocycles. The van der Waals surface area contributed by atoms with Crippen molar-refractivity contribution in [3.63, 3.8) is 0 Å². The van der Waals surface area contributed by atoms with Crippen molar-refractivity contribution in [3.05, 3.63) is 79.4 Å². The van der Waals surface area contributed by atoms with Crippen LogP contribution in [0.25, 0.3) is 44.7 Å². The molecule has 0 bridgehead atoms. The third-order valence-corrected chi connectivity index (χ3v) is 7.19. The molecule has 0 N–H and O–H groups in total. The van der Waals surface area contributed by atoms with Gasteiger partial charge in [-0.3, -0.25) is 4.98 Å². The van der Waals surface area contributed by atoms with Crippen LogP contribution < -0.4 is 4.74 Å². The van der Waals surface area contributed by atoms with E-state index in [1.807, 2.05) is 48.5 Å². The molecule has 0 aliphatic rings. The van der Waals surface area contributed by atoms with Gasteiger partial charge in [-0.1, -0.05) is 12.1 Å². The smallest absolute Gasteiger partial charge is 0.322 e. The third kappa shape index (κ3) is 4.13. The molecule has 5 rings (SSSR count). The van der Waals surface area contributed by atoms with E-state index in [1.54, 1.807) is 25.4 Å². The Hall–Kier alpha value is -4.15. The summed E-state index contributed by atoms with van der Waals surface area (Å²) in [5.41, 5.74) is 4.84. The highest BCUT2D eigenvalue weighted by Gasteiger charge is 2.23. The molecule has 2 aromatic carbocycles. The van der Waals surface area contributed by atoms with Crippen LogP contribution in [0.15, 0.2) is 79.4 Å². The topological polar surface area (TPSA) is 103 Å². The van der Waals surface area contributed by atoms with Crippen LogP contribution in [-0.4, -0.2) is 58.1 Å². The molecule has 0 radical (unpaired) electrons. The van der Waals surface area contributed by atoms with Gasteiger partial charge in [-0.25, -0.2) is 9.97 Å². The maximum absolute atomic E-state index is 12.8. The lowest BCUT2D eigenvalue weighted by molar-refractivity contribution is 0.415. The average Bonchev–Trinajstić information content (AvgIpc) is 3.35. The molecule has 176 valence electrons. The maximum atomic E-state index is 12.8. The van der Waals surface area contributed by atoms with Crippen molar-refractivity contribution in [1.29, 1.82) is 0 Å². The Morgan fingerprint density at radius 1 is 0.886 bits per heavy atom. The van der Waals surface area contributed by atoms with Gasteiger partial charge in [0.2, 0.25) is 0 Å². The van der Waals surface area contributed by atoms with Gasteiger partial charge < -0.3 is 4.74 Å². The Bertz CT molecular complexity index is 1610. The van der Waals surface area contributed by atoms with Crippen molar-refractivity contribution in [3.8, 4) is 39.5 Å². The molecule has 0 aliphatic carbocycles. The first kappa shape index (κ1) is 22.6. The van der Waals surface area contributed by atoms with Gasteiger partial charge in [-0.15, -0.1) is 0 Å². The molecule has 0 saturated carbocycles. The third-order valence-electron chi connectivity index (χ3n) is 5.61. The predicted octanol–water partition coefficient (Wildman–Crippen LogP) is 3.89. The number of benzene rings is 2. The normalized spacial score (nSPS) is 11.8. The zero-order valence-electron chi connectivity index (χ0n) is 19.3. The van der Waals surface area contributed by atoms with Crippen LogP contribution in [0.1, 0.15) is 0 Å². The Labute approximate surface area is 202 Å². The number of hydrogen-bond donors (Lipinski definition) is 0. The lowest BCUT2D eigenvalue weighted by atomic mass is 10.00. The first-order valence-corrected chi connectivity index (χ1v) is 12.1. The van der Waals surface area contributed by atoms with E-state index in [1.165, 1.54) is 26.6 Å². The Morgan fingerprint density at radius 3 is 2.34 bits per heavy atom. The van der Waals surface area contributed by atoms with Crippen LogP contribution in [0.2, 0.25) is 0 Å². The first-order chi connectivity index (χ1) is 16.9. The number of nitrogens with zero attached hydrogens (tertiary/aromatic N) is 6. The molecule has 3 aromatic heterocycles. The van der Waals surface area contributed by atoms with E-state index in [0.29, 0.717) is 17.0 Å². The summed E-state index contributed by atoms with van der Waals surface area (Å²) < 4.78 is 33.0. The lowest BCUT2D eigenvalue weighted by Crippen LogP contribution is -2.29. The molecule has 0 spiro atoms. The van der Waals surface area contributed by atoms with Crippen LogP contribution in [0.3, 0.4) is 0 Å². The zero-order valence-corrected chi connectivity index (χ0v) is 20.1. The molecule has 35 heavy (non-hydrogen) atoms. The maximum Gasteiger partial charge on any atom is 0.322 e. The molecule has 0 fully saturated rings. The number of fused-ring (bicyclic) bond motifs is 1. The van der Waals surface area contributed by atoms with Crippen LogP contribution in [0.4, 0.5) is 0 Å². The minimum Gasteiger partial charge on any atom is -0.497 e. The number of rotatable bonds is 6. The fourth-order valence-electron chi connectivity index (χ4n) is 3.74. The Kier molecular flexibility index (Phi) is 5.75. The highest BCUT2D eigenvalue weighted by Crippen LogP contribution is 2.34. The van der Waals surface area contributed by atoms with Gasteiger partial charge in [0.25, 0.3) is 0 Å². The highest BCUT2D eigenvalue weighted by atomic mass is 32.2. The number of ether oxygens (including phenoxy) is 1. The van der Waals surface area contributed by atoms with Gasteiger partial charge >= 0.3 is 10.2 Å². The molecule has 9 nitrogen and oxygen atoms in total. The summed E-state index contributed by atoms with van der Waals surface area (Å²) in [5.74, 6) is 0.752. The summed E-state index contributed by atoms with van der Waals surface area (Å²) in [4.78, 5) is 13.3. The van der Waals surface area contributed by atoms with Crippen molar-refractivity contribution in [2.75, 3.05) is 21.2 Å². The summed E-state index contributed by atoms with van der Waals surface area (Å²) in [5, 5.41) is 5.23. The summed E-state index contributed by atoms with van der Waals surface area (Å²) in [6, 6.07) is 18.8. The van der Waals surface area contributed by atoms with Crippen molar-refractivity contribution in [2.24, 2.45) is 0 Å². The van der Waals surface area contributed by atoms with E-state index in [0.717, 1.165) is 41.9 Å². The van der Waals surface area contributed by atoms with E-state index in [4.69, 9.17) is 4.74 Å². The van der Waals surface area contributed by atoms with Crippen LogP contribution >= 0.6 is 0 Å². The van der Waals surface area contributed by atoms with Crippen LogP contribution in [0.5, 0.6) is 5.75 Å². The van der Waals surface area contributed by atoms with Crippen molar-refractivity contribution in [2.45, 2.75) is 0 Å². The lowest BCUT2D eigenvalue weighted by Gasteiger charge is -2.10. The molecule has 3 heterocycles. The number of pyridine rings is 1. The molecule has 0 unspecified atom stereocenters. The SMILES string of the molecule is COc1ccc(-c2ncnc3ccc(-c4cn(S(=O)(=O)N(C)C)nc4-c4ccccn4)cc23)cc1. The average molecular weight is 487 g/mol. The molecule has 0 atom stereocenters. The van der Waals surface area contributed by atoms with Gasteiger partial charge in [-0.2, -0.15) is 21.9 Å². The van der Waals surface area contributed by atoms with Gasteiger partial charge in [0.1, 0.15) is 17.8 Å². The van der Waals surface area contributed by atoms with E-state index >= 15 is 0 Å². The van der Waals surface area contributed by atoms with Crippen LogP contribution in [-0.2, 0) is 10.2 Å². The van der Waals surface area contributed by atoms with Crippen LogP contribution in [0, 0.1) is 0 Å². The summed E-state index contributed by atoms with van der Waals surface area (Å²) in [6.45, 7) is 0. The fourth-order valence-corrected chi connectivity index (χ4v) is 4.50. The second-order valence-electron chi connectivity index (χ2n) is 7.95. The van der Waals surface area contributed by atoms with Gasteiger partial charge in [0, 0.05) is 36.8 Å². The quantitative estimate of drug-likeness (QED) is 0.359. The second-order valence-corrected chi connectivity index (χ2v) is 9.95. The van der Waals surface area contributed by atoms with Crippen molar-refractivity contribution >= 4 is 21.1 Å². The van der Waals surface area contributed by atoms with Gasteiger partial charge in [0.15, 0.2) is 0 Å². The summed E-state index contributed by atoms with van der Waals surface area (Å²) in [6.07, 6.45) is 4.69. The predicted molar refractivity (Wildman–Crippen MR) is 134 cm³/mol. The number of hydrogen-bond acceptors (Lipinski definition) is 7. The highest BCUT2D eigenvalue weighted by molar-refractivity contribution is 7.87. The fraction of sp³-hybridized carbons (Fsp3) is 0.120. The van der Waals surface area contributed by atoms with Crippen molar-refractivity contribution in [1.82, 2.24) is 28.4 Å². The molecule has 10 heteroatoms. The molecule has 5 aromatic rings. The van der Waals surface area contributed by atoms with Gasteiger partial charge in [-0.05, 0) is 54.1 Å². The largest absolute Gasteiger partial charge is 0.497 e. The van der Waals surface area contributed by atoms with E-state index in [9.17, 15) is 8.42 Å². The molecular formula is C25H22N6O3S. The number of methoxy groups -OCH3 is 1. The summed E-state index contributed by atoms with van der Waals surface area (Å²) in [7, 11) is 0.730. The van der Waals surface area contributed by atoms with E-state index in [-0.39, 0.29) is 0 Å². The minimum absolute atomic E-state index is 0.457. The van der Waals surface area contributed by atoms with Gasteiger partial charge in [0.05, 0.1) is 30.2 Å².